The van der Waals surface area contributed by atoms with Crippen LogP contribution in [0.2, 0.25) is 0 Å². The molecule has 5 unspecified atom stereocenters. The van der Waals surface area contributed by atoms with Gasteiger partial charge in [-0.3, -0.25) is 0 Å². The van der Waals surface area contributed by atoms with Gasteiger partial charge in [-0.05, 0) is 35.4 Å². The molecule has 5 atom stereocenters. The molecule has 0 radical (unpaired) electrons. The Morgan fingerprint density at radius 2 is 0.795 bits per heavy atom. The van der Waals surface area contributed by atoms with Crippen molar-refractivity contribution in [3.05, 3.63) is 0 Å². The number of rotatable bonds is 27. The van der Waals surface area contributed by atoms with E-state index in [2.05, 4.69) is 143 Å². The number of hydrogen-bond donors (Lipinski definition) is 0. The van der Waals surface area contributed by atoms with E-state index in [-0.39, 0.29) is 0 Å². The Kier molecular flexibility index (Phi) is 24.4. The van der Waals surface area contributed by atoms with E-state index < -0.39 is 0 Å². The zero-order valence-corrected chi connectivity index (χ0v) is 33.6. The molecule has 0 aromatic heterocycles. The summed E-state index contributed by atoms with van der Waals surface area (Å²) in [6.45, 7) is 2.53. The minimum absolute atomic E-state index is 0.866. The largest absolute Gasteiger partial charge is 0.165 e. The molecule has 4 fully saturated rings. The van der Waals surface area contributed by atoms with Crippen LogP contribution in [0.3, 0.4) is 0 Å². The van der Waals surface area contributed by atoms with Crippen LogP contribution in [0.15, 0.2) is 0 Å². The summed E-state index contributed by atoms with van der Waals surface area (Å²) in [6, 6.07) is 0. The first-order valence-corrected chi connectivity index (χ1v) is 27.9. The predicted molar refractivity (Wildman–Crippen MR) is 217 cm³/mol. The van der Waals surface area contributed by atoms with E-state index in [0.717, 1.165) is 32.8 Å². The van der Waals surface area contributed by atoms with Crippen LogP contribution in [-0.2, 0) is 0 Å². The molecule has 4 saturated heterocycles. The summed E-state index contributed by atoms with van der Waals surface area (Å²) in [7, 11) is 0. The highest BCUT2D eigenvalue weighted by molar-refractivity contribution is 8.10. The summed E-state index contributed by atoms with van der Waals surface area (Å²) >= 11 is 25.8. The molecule has 4 aliphatic rings. The number of thioether (sulfide) groups is 12. The van der Waals surface area contributed by atoms with Crippen molar-refractivity contribution in [3.8, 4) is 0 Å². The fourth-order valence-corrected chi connectivity index (χ4v) is 16.5. The molecule has 0 aromatic carbocycles. The third kappa shape index (κ3) is 24.1. The highest BCUT2D eigenvalue weighted by Crippen LogP contribution is 2.35. The van der Waals surface area contributed by atoms with Gasteiger partial charge in [0.05, 0.1) is 0 Å². The smallest absolute Gasteiger partial charge is 0.0229 e. The first-order chi connectivity index (χ1) is 19.2. The molecule has 0 spiro atoms. The van der Waals surface area contributed by atoms with E-state index in [9.17, 15) is 0 Å². The highest BCUT2D eigenvalue weighted by atomic mass is 32.2. The number of hydrogen-bond acceptors (Lipinski definition) is 12. The van der Waals surface area contributed by atoms with E-state index in [1.165, 1.54) is 109 Å². The second-order valence-electron chi connectivity index (χ2n) is 10.1. The Morgan fingerprint density at radius 3 is 1.13 bits per heavy atom. The molecule has 0 nitrogen and oxygen atoms in total. The van der Waals surface area contributed by atoms with Gasteiger partial charge in [-0.1, -0.05) is 6.92 Å². The fraction of sp³-hybridized carbons (Fsp3) is 1.00. The molecule has 0 saturated carbocycles. The Labute approximate surface area is 293 Å². The van der Waals surface area contributed by atoms with Gasteiger partial charge in [0.1, 0.15) is 0 Å². The molecule has 0 N–H and O–H groups in total. The zero-order valence-electron chi connectivity index (χ0n) is 23.8. The summed E-state index contributed by atoms with van der Waals surface area (Å²) in [5.41, 5.74) is 0. The van der Waals surface area contributed by atoms with Gasteiger partial charge in [-0.15, -0.1) is 0 Å². The Hall–Kier alpha value is 4.20. The van der Waals surface area contributed by atoms with Crippen molar-refractivity contribution in [2.24, 2.45) is 11.8 Å². The van der Waals surface area contributed by atoms with Crippen molar-refractivity contribution in [2.75, 3.05) is 116 Å². The quantitative estimate of drug-likeness (QED) is 0.0580. The molecule has 0 amide bonds. The first kappa shape index (κ1) is 37.7. The van der Waals surface area contributed by atoms with Crippen molar-refractivity contribution < 1.29 is 0 Å². The van der Waals surface area contributed by atoms with Crippen LogP contribution in [0.25, 0.3) is 0 Å². The zero-order chi connectivity index (χ0) is 27.4. The maximum absolute atomic E-state index is 2.53. The summed E-state index contributed by atoms with van der Waals surface area (Å²) in [6.07, 6.45) is 2.17. The fourth-order valence-electron chi connectivity index (χ4n) is 3.26. The maximum atomic E-state index is 2.53. The molecule has 12 heteroatoms. The minimum Gasteiger partial charge on any atom is -0.165 e. The summed E-state index contributed by atoms with van der Waals surface area (Å²) < 4.78 is 0. The highest BCUT2D eigenvalue weighted by Gasteiger charge is 2.24. The monoisotopic (exact) mass is 758 g/mol. The van der Waals surface area contributed by atoms with E-state index >= 15 is 0 Å². The predicted octanol–water partition coefficient (Wildman–Crippen LogP) is 9.18. The van der Waals surface area contributed by atoms with Gasteiger partial charge in [-0.2, -0.15) is 141 Å². The van der Waals surface area contributed by atoms with Crippen molar-refractivity contribution in [1.82, 2.24) is 0 Å². The maximum Gasteiger partial charge on any atom is 0.0229 e. The summed E-state index contributed by atoms with van der Waals surface area (Å²) in [5, 5.41) is 4.02. The molecular weight excluding hydrogens is 709 g/mol. The normalized spacial score (nSPS) is 26.0. The van der Waals surface area contributed by atoms with Crippen LogP contribution < -0.4 is 0 Å². The van der Waals surface area contributed by atoms with Crippen LogP contribution >= 0.6 is 141 Å². The standard InChI is InChI=1S/C21H38S9.C6H12S3/c1-17(8-22-2-5-25-11-19-14-28-19)18(9-23-3-6-26-12-20-15-29-20)10-24-4-7-27-13-21-16-30-21;1-7-2-3-8-4-6-5-9-6/h17-21H,2-16H2,1H3;6H,2-5H2,1H3. The van der Waals surface area contributed by atoms with Gasteiger partial charge in [0.25, 0.3) is 0 Å². The molecule has 4 rings (SSSR count). The van der Waals surface area contributed by atoms with Gasteiger partial charge >= 0.3 is 0 Å². The van der Waals surface area contributed by atoms with Gasteiger partial charge in [0.15, 0.2) is 0 Å². The molecule has 0 aliphatic carbocycles. The lowest BCUT2D eigenvalue weighted by molar-refractivity contribution is 0.480. The lowest BCUT2D eigenvalue weighted by Gasteiger charge is -2.23. The van der Waals surface area contributed by atoms with E-state index in [1.807, 2.05) is 11.8 Å². The molecule has 0 aromatic rings. The molecular formula is C27H50S12. The summed E-state index contributed by atoms with van der Waals surface area (Å²) in [4.78, 5) is 0. The van der Waals surface area contributed by atoms with Crippen LogP contribution in [0, 0.1) is 11.8 Å². The average Bonchev–Trinajstić information content (AvgIpc) is 3.78. The molecule has 230 valence electrons. The van der Waals surface area contributed by atoms with E-state index in [4.69, 9.17) is 0 Å². The van der Waals surface area contributed by atoms with Crippen LogP contribution in [0.5, 0.6) is 0 Å². The molecule has 4 heterocycles. The van der Waals surface area contributed by atoms with E-state index in [0.29, 0.717) is 0 Å². The molecule has 4 aliphatic heterocycles. The Morgan fingerprint density at radius 1 is 0.487 bits per heavy atom. The SMILES string of the molecule is CC(CSCCSCC1CS1)C(CSCCSCC1CS1)CSCCSCC1CS1.CSCCSCC1CS1. The van der Waals surface area contributed by atoms with Crippen LogP contribution in [0.1, 0.15) is 6.92 Å². The van der Waals surface area contributed by atoms with Gasteiger partial charge in [0, 0.05) is 113 Å². The topological polar surface area (TPSA) is 0 Å². The Balaban J connectivity index is 0.000000395. The molecule has 39 heavy (non-hydrogen) atoms. The average molecular weight is 760 g/mol. The lowest BCUT2D eigenvalue weighted by Crippen LogP contribution is -2.20. The molecule has 0 bridgehead atoms. The Bertz CT molecular complexity index is 545. The van der Waals surface area contributed by atoms with Gasteiger partial charge in [-0.25, -0.2) is 0 Å². The first-order valence-electron chi connectivity index (χ1n) is 14.2. The van der Waals surface area contributed by atoms with Crippen molar-refractivity contribution >= 4 is 141 Å². The van der Waals surface area contributed by atoms with Gasteiger partial charge in [0.2, 0.25) is 0 Å². The minimum atomic E-state index is 0.866. The van der Waals surface area contributed by atoms with Gasteiger partial charge < -0.3 is 0 Å². The van der Waals surface area contributed by atoms with Crippen molar-refractivity contribution in [3.63, 3.8) is 0 Å². The third-order valence-corrected chi connectivity index (χ3v) is 20.7. The summed E-state index contributed by atoms with van der Waals surface area (Å²) in [5.74, 6) is 28.0. The third-order valence-electron chi connectivity index (χ3n) is 6.22. The van der Waals surface area contributed by atoms with Crippen molar-refractivity contribution in [2.45, 2.75) is 27.9 Å². The second-order valence-corrected chi connectivity index (χ2v) is 24.4. The van der Waals surface area contributed by atoms with Crippen LogP contribution in [-0.4, -0.2) is 137 Å². The lowest BCUT2D eigenvalue weighted by atomic mass is 10.0. The van der Waals surface area contributed by atoms with E-state index in [1.54, 1.807) is 0 Å². The second kappa shape index (κ2) is 25.3. The van der Waals surface area contributed by atoms with Crippen LogP contribution in [0.4, 0.5) is 0 Å². The van der Waals surface area contributed by atoms with Crippen molar-refractivity contribution in [1.29, 1.82) is 0 Å².